The van der Waals surface area contributed by atoms with Gasteiger partial charge < -0.3 is 15.4 Å². The fraction of sp³-hybridized carbons (Fsp3) is 1.00. The molecular weight excluding hydrogens is 260 g/mol. The molecule has 0 radical (unpaired) electrons. The molecule has 2 aliphatic carbocycles. The average molecular weight is 289 g/mol. The third kappa shape index (κ3) is 4.07. The summed E-state index contributed by atoms with van der Waals surface area (Å²) >= 11 is 0. The van der Waals surface area contributed by atoms with Gasteiger partial charge in [0.25, 0.3) is 0 Å². The van der Waals surface area contributed by atoms with Crippen LogP contribution in [0.1, 0.15) is 44.9 Å². The zero-order chi connectivity index (χ0) is 12.2. The smallest absolute Gasteiger partial charge is 0.0623 e. The zero-order valence-corrected chi connectivity index (χ0v) is 12.7. The van der Waals surface area contributed by atoms with Crippen LogP contribution in [0.4, 0.5) is 0 Å². The topological polar surface area (TPSA) is 33.3 Å². The highest BCUT2D eigenvalue weighted by molar-refractivity contribution is 5.85. The van der Waals surface area contributed by atoms with E-state index in [4.69, 9.17) is 4.74 Å². The molecule has 0 aromatic rings. The van der Waals surface area contributed by atoms with E-state index >= 15 is 0 Å². The number of hydrogen-bond donors (Lipinski definition) is 2. The van der Waals surface area contributed by atoms with Crippen LogP contribution in [0, 0.1) is 11.8 Å². The molecule has 0 spiro atoms. The molecule has 3 atom stereocenters. The zero-order valence-electron chi connectivity index (χ0n) is 11.9. The first-order valence-corrected chi connectivity index (χ1v) is 7.98. The van der Waals surface area contributed by atoms with Gasteiger partial charge in [0.1, 0.15) is 0 Å². The van der Waals surface area contributed by atoms with Crippen LogP contribution in [0.5, 0.6) is 0 Å². The predicted molar refractivity (Wildman–Crippen MR) is 80.9 cm³/mol. The van der Waals surface area contributed by atoms with Crippen LogP contribution >= 0.6 is 12.4 Å². The van der Waals surface area contributed by atoms with E-state index in [0.29, 0.717) is 6.04 Å². The largest absolute Gasteiger partial charge is 0.379 e. The molecule has 2 N–H and O–H groups in total. The molecule has 112 valence electrons. The molecule has 0 aromatic heterocycles. The van der Waals surface area contributed by atoms with Gasteiger partial charge in [-0.2, -0.15) is 0 Å². The minimum Gasteiger partial charge on any atom is -0.379 e. The summed E-state index contributed by atoms with van der Waals surface area (Å²) in [6.07, 6.45) is 9.96. The van der Waals surface area contributed by atoms with E-state index in [2.05, 4.69) is 10.6 Å². The fourth-order valence-corrected chi connectivity index (χ4v) is 4.12. The van der Waals surface area contributed by atoms with Gasteiger partial charge in [-0.3, -0.25) is 0 Å². The molecular formula is C15H29ClN2O. The first-order chi connectivity index (χ1) is 8.93. The van der Waals surface area contributed by atoms with Crippen molar-refractivity contribution in [2.75, 3.05) is 26.3 Å². The van der Waals surface area contributed by atoms with Crippen LogP contribution in [-0.2, 0) is 4.74 Å². The van der Waals surface area contributed by atoms with Crippen LogP contribution in [0.25, 0.3) is 0 Å². The van der Waals surface area contributed by atoms with Crippen LogP contribution in [-0.4, -0.2) is 38.4 Å². The lowest BCUT2D eigenvalue weighted by molar-refractivity contribution is 0.0523. The summed E-state index contributed by atoms with van der Waals surface area (Å²) in [6.45, 7) is 4.11. The third-order valence-electron chi connectivity index (χ3n) is 5.18. The Kier molecular flexibility index (Phi) is 6.40. The normalized spacial score (nSPS) is 36.3. The molecule has 3 nitrogen and oxygen atoms in total. The molecule has 2 saturated carbocycles. The van der Waals surface area contributed by atoms with E-state index in [1.807, 2.05) is 0 Å². The lowest BCUT2D eigenvalue weighted by Gasteiger charge is -2.33. The molecule has 3 unspecified atom stereocenters. The quantitative estimate of drug-likeness (QED) is 0.833. The summed E-state index contributed by atoms with van der Waals surface area (Å²) in [5.41, 5.74) is 0. The van der Waals surface area contributed by atoms with Crippen molar-refractivity contribution in [3.63, 3.8) is 0 Å². The van der Waals surface area contributed by atoms with Gasteiger partial charge in [0.05, 0.1) is 13.2 Å². The van der Waals surface area contributed by atoms with E-state index in [1.54, 1.807) is 0 Å². The highest BCUT2D eigenvalue weighted by Gasteiger charge is 2.34. The maximum atomic E-state index is 5.63. The number of ether oxygens (including phenoxy) is 1. The second kappa shape index (κ2) is 7.82. The molecule has 1 saturated heterocycles. The highest BCUT2D eigenvalue weighted by Crippen LogP contribution is 2.30. The van der Waals surface area contributed by atoms with Crippen molar-refractivity contribution in [1.29, 1.82) is 0 Å². The maximum Gasteiger partial charge on any atom is 0.0623 e. The van der Waals surface area contributed by atoms with Crippen molar-refractivity contribution in [2.24, 2.45) is 11.8 Å². The van der Waals surface area contributed by atoms with Gasteiger partial charge in [0, 0.05) is 18.6 Å². The van der Waals surface area contributed by atoms with Crippen LogP contribution in [0.15, 0.2) is 0 Å². The Balaban J connectivity index is 0.00000133. The number of rotatable bonds is 4. The summed E-state index contributed by atoms with van der Waals surface area (Å²) in [5, 5.41) is 7.53. The SMILES string of the molecule is C1CCC(CNC2CCCC2C2COCCN2)C1.Cl. The molecule has 19 heavy (non-hydrogen) atoms. The Hall–Kier alpha value is 0.170. The van der Waals surface area contributed by atoms with Crippen LogP contribution < -0.4 is 10.6 Å². The Morgan fingerprint density at radius 3 is 2.63 bits per heavy atom. The third-order valence-corrected chi connectivity index (χ3v) is 5.18. The Labute approximate surface area is 123 Å². The van der Waals surface area contributed by atoms with Gasteiger partial charge in [-0.05, 0) is 44.1 Å². The fourth-order valence-electron chi connectivity index (χ4n) is 4.12. The van der Waals surface area contributed by atoms with Crippen LogP contribution in [0.2, 0.25) is 0 Å². The Bertz CT molecular complexity index is 253. The minimum atomic E-state index is 0. The molecule has 4 heteroatoms. The van der Waals surface area contributed by atoms with Gasteiger partial charge in [-0.25, -0.2) is 0 Å². The summed E-state index contributed by atoms with van der Waals surface area (Å²) in [5.74, 6) is 1.76. The van der Waals surface area contributed by atoms with Crippen molar-refractivity contribution in [2.45, 2.75) is 57.0 Å². The Morgan fingerprint density at radius 1 is 1.05 bits per heavy atom. The summed E-state index contributed by atoms with van der Waals surface area (Å²) in [4.78, 5) is 0. The van der Waals surface area contributed by atoms with Crippen LogP contribution in [0.3, 0.4) is 0 Å². The molecule has 0 amide bonds. The van der Waals surface area contributed by atoms with E-state index in [1.165, 1.54) is 51.5 Å². The average Bonchev–Trinajstić information content (AvgIpc) is 3.09. The van der Waals surface area contributed by atoms with Gasteiger partial charge in [-0.1, -0.05) is 19.3 Å². The lowest BCUT2D eigenvalue weighted by Crippen LogP contribution is -2.51. The van der Waals surface area contributed by atoms with Gasteiger partial charge >= 0.3 is 0 Å². The molecule has 3 fully saturated rings. The summed E-state index contributed by atoms with van der Waals surface area (Å²) < 4.78 is 5.63. The summed E-state index contributed by atoms with van der Waals surface area (Å²) in [7, 11) is 0. The molecule has 3 aliphatic rings. The standard InChI is InChI=1S/C15H28N2O.ClH/c1-2-5-12(4-1)10-17-14-7-3-6-13(14)15-11-18-9-8-16-15;/h12-17H,1-11H2;1H. The summed E-state index contributed by atoms with van der Waals surface area (Å²) in [6, 6.07) is 1.34. The maximum absolute atomic E-state index is 5.63. The predicted octanol–water partition coefficient (Wildman–Crippen LogP) is 2.35. The van der Waals surface area contributed by atoms with E-state index < -0.39 is 0 Å². The Morgan fingerprint density at radius 2 is 1.89 bits per heavy atom. The number of hydrogen-bond acceptors (Lipinski definition) is 3. The van der Waals surface area contributed by atoms with E-state index in [9.17, 15) is 0 Å². The van der Waals surface area contributed by atoms with E-state index in [0.717, 1.165) is 37.6 Å². The monoisotopic (exact) mass is 288 g/mol. The first-order valence-electron chi connectivity index (χ1n) is 7.98. The molecule has 3 rings (SSSR count). The van der Waals surface area contributed by atoms with Crippen molar-refractivity contribution in [3.8, 4) is 0 Å². The molecule has 1 heterocycles. The second-order valence-electron chi connectivity index (χ2n) is 6.40. The lowest BCUT2D eigenvalue weighted by atomic mass is 9.93. The van der Waals surface area contributed by atoms with Gasteiger partial charge in [0.15, 0.2) is 0 Å². The number of morpholine rings is 1. The van der Waals surface area contributed by atoms with E-state index in [-0.39, 0.29) is 12.4 Å². The molecule has 0 aromatic carbocycles. The molecule has 1 aliphatic heterocycles. The second-order valence-corrected chi connectivity index (χ2v) is 6.40. The van der Waals surface area contributed by atoms with Crippen molar-refractivity contribution >= 4 is 12.4 Å². The van der Waals surface area contributed by atoms with Gasteiger partial charge in [-0.15, -0.1) is 12.4 Å². The number of halogens is 1. The van der Waals surface area contributed by atoms with Gasteiger partial charge in [0.2, 0.25) is 0 Å². The first kappa shape index (κ1) is 15.6. The van der Waals surface area contributed by atoms with Crippen molar-refractivity contribution in [3.05, 3.63) is 0 Å². The minimum absolute atomic E-state index is 0. The number of nitrogens with one attached hydrogen (secondary N) is 2. The van der Waals surface area contributed by atoms with Crippen molar-refractivity contribution < 1.29 is 4.74 Å². The highest BCUT2D eigenvalue weighted by atomic mass is 35.5. The van der Waals surface area contributed by atoms with Crippen molar-refractivity contribution in [1.82, 2.24) is 10.6 Å². The molecule has 0 bridgehead atoms.